The van der Waals surface area contributed by atoms with Crippen LogP contribution in [0.1, 0.15) is 52.7 Å². The highest BCUT2D eigenvalue weighted by atomic mass is 16.3. The van der Waals surface area contributed by atoms with Crippen LogP contribution in [0.25, 0.3) is 72.4 Å². The summed E-state index contributed by atoms with van der Waals surface area (Å²) in [7, 11) is 0. The zero-order valence-corrected chi connectivity index (χ0v) is 30.5. The Kier molecular flexibility index (Phi) is 8.02. The molecule has 0 aliphatic heterocycles. The van der Waals surface area contributed by atoms with Crippen LogP contribution in [0.2, 0.25) is 0 Å². The van der Waals surface area contributed by atoms with Gasteiger partial charge in [0, 0.05) is 33.8 Å². The number of imidazole rings is 1. The number of aromatic nitrogens is 4. The van der Waals surface area contributed by atoms with E-state index in [-0.39, 0.29) is 16.6 Å². The lowest BCUT2D eigenvalue weighted by molar-refractivity contribution is 0.446. The first-order valence-corrected chi connectivity index (χ1v) is 17.8. The predicted molar refractivity (Wildman–Crippen MR) is 215 cm³/mol. The Bertz CT molecular complexity index is 2590. The van der Waals surface area contributed by atoms with Gasteiger partial charge in [0.25, 0.3) is 0 Å². The SMILES string of the molecule is CC(C)(C)c1cc(-c2nc3c(-c4cccc(-c5cccnn5)c4)cccc3n2-c2c(-c3ccccc3)ccc3ccccc23)c(O)c(C(C)(C)C)c1. The Morgan fingerprint density at radius 3 is 2.06 bits per heavy atom. The van der Waals surface area contributed by atoms with Crippen LogP contribution >= 0.6 is 0 Å². The smallest absolute Gasteiger partial charge is 0.149 e. The Hall–Kier alpha value is -6.07. The molecule has 2 heterocycles. The first-order valence-electron chi connectivity index (χ1n) is 17.8. The number of phenolic OH excluding ortho intramolecular Hbond substituents is 1. The summed E-state index contributed by atoms with van der Waals surface area (Å²) in [6.07, 6.45) is 1.69. The highest BCUT2D eigenvalue weighted by molar-refractivity contribution is 6.03. The average Bonchev–Trinajstić information content (AvgIpc) is 3.53. The van der Waals surface area contributed by atoms with E-state index in [1.807, 2.05) is 18.2 Å². The van der Waals surface area contributed by atoms with Gasteiger partial charge in [0.2, 0.25) is 0 Å². The highest BCUT2D eigenvalue weighted by Crippen LogP contribution is 2.46. The van der Waals surface area contributed by atoms with Crippen molar-refractivity contribution < 1.29 is 5.11 Å². The standard InChI is InChI=1S/C47H42N4O/c1-46(2,3)34-28-38(44(52)39(29-34)47(4,5)6)45-49-42-35(32-18-12-19-33(27-32)40-22-14-26-48-50-40)21-13-23-41(42)51(45)43-36-20-11-10-17-31(36)24-25-37(43)30-15-8-7-9-16-30/h7-29,52H,1-6H3. The number of para-hydroxylation sites is 1. The van der Waals surface area contributed by atoms with Crippen LogP contribution in [-0.4, -0.2) is 24.9 Å². The topological polar surface area (TPSA) is 63.8 Å². The van der Waals surface area contributed by atoms with E-state index in [4.69, 9.17) is 4.98 Å². The van der Waals surface area contributed by atoms with Crippen molar-refractivity contribution in [3.8, 4) is 56.3 Å². The first-order chi connectivity index (χ1) is 25.0. The number of benzene rings is 6. The van der Waals surface area contributed by atoms with Crippen molar-refractivity contribution in [3.05, 3.63) is 151 Å². The van der Waals surface area contributed by atoms with Crippen molar-refractivity contribution in [1.82, 2.24) is 19.7 Å². The molecule has 5 nitrogen and oxygen atoms in total. The van der Waals surface area contributed by atoms with Gasteiger partial charge >= 0.3 is 0 Å². The molecular formula is C47H42N4O. The third kappa shape index (κ3) is 5.82. The number of hydrogen-bond donors (Lipinski definition) is 1. The Balaban J connectivity index is 1.52. The minimum atomic E-state index is -0.308. The molecule has 0 spiro atoms. The molecule has 0 saturated carbocycles. The number of rotatable bonds is 5. The van der Waals surface area contributed by atoms with Crippen LogP contribution in [0.5, 0.6) is 5.75 Å². The van der Waals surface area contributed by atoms with Crippen molar-refractivity contribution in [2.75, 3.05) is 0 Å². The van der Waals surface area contributed by atoms with Crippen LogP contribution in [0.3, 0.4) is 0 Å². The molecule has 52 heavy (non-hydrogen) atoms. The van der Waals surface area contributed by atoms with Gasteiger partial charge in [0.1, 0.15) is 11.6 Å². The van der Waals surface area contributed by atoms with Crippen molar-refractivity contribution >= 4 is 21.8 Å². The van der Waals surface area contributed by atoms with E-state index in [9.17, 15) is 5.11 Å². The molecule has 6 aromatic carbocycles. The van der Waals surface area contributed by atoms with E-state index in [0.29, 0.717) is 11.4 Å². The summed E-state index contributed by atoms with van der Waals surface area (Å²) < 4.78 is 2.28. The lowest BCUT2D eigenvalue weighted by atomic mass is 9.79. The summed E-state index contributed by atoms with van der Waals surface area (Å²) in [4.78, 5) is 5.56. The third-order valence-corrected chi connectivity index (χ3v) is 9.96. The number of nitrogens with zero attached hydrogens (tertiary/aromatic N) is 4. The van der Waals surface area contributed by atoms with E-state index >= 15 is 0 Å². The van der Waals surface area contributed by atoms with Gasteiger partial charge in [-0.3, -0.25) is 4.57 Å². The third-order valence-electron chi connectivity index (χ3n) is 9.96. The van der Waals surface area contributed by atoms with Gasteiger partial charge in [-0.25, -0.2) is 4.98 Å². The van der Waals surface area contributed by atoms with Crippen molar-refractivity contribution in [2.24, 2.45) is 0 Å². The fraction of sp³-hybridized carbons (Fsp3) is 0.170. The van der Waals surface area contributed by atoms with Crippen molar-refractivity contribution in [2.45, 2.75) is 52.4 Å². The molecule has 0 bridgehead atoms. The van der Waals surface area contributed by atoms with Gasteiger partial charge in [0.15, 0.2) is 0 Å². The van der Waals surface area contributed by atoms with E-state index in [1.54, 1.807) is 6.20 Å². The molecule has 0 unspecified atom stereocenters. The molecule has 0 saturated heterocycles. The average molecular weight is 679 g/mol. The molecule has 5 heteroatoms. The minimum Gasteiger partial charge on any atom is -0.507 e. The lowest BCUT2D eigenvalue weighted by Crippen LogP contribution is -2.17. The van der Waals surface area contributed by atoms with E-state index in [2.05, 4.69) is 172 Å². The molecule has 0 radical (unpaired) electrons. The van der Waals surface area contributed by atoms with Crippen LogP contribution in [0.15, 0.2) is 140 Å². The Morgan fingerprint density at radius 2 is 1.31 bits per heavy atom. The van der Waals surface area contributed by atoms with Crippen LogP contribution < -0.4 is 0 Å². The van der Waals surface area contributed by atoms with Gasteiger partial charge in [-0.1, -0.05) is 145 Å². The van der Waals surface area contributed by atoms with Gasteiger partial charge < -0.3 is 5.11 Å². The summed E-state index contributed by atoms with van der Waals surface area (Å²) in [5.74, 6) is 0.944. The molecule has 0 fully saturated rings. The molecule has 1 N–H and O–H groups in total. The van der Waals surface area contributed by atoms with Gasteiger partial charge in [-0.2, -0.15) is 10.2 Å². The van der Waals surface area contributed by atoms with Crippen LogP contribution in [0, 0.1) is 0 Å². The quantitative estimate of drug-likeness (QED) is 0.197. The Labute approximate surface area is 305 Å². The summed E-state index contributed by atoms with van der Waals surface area (Å²) in [6.45, 7) is 13.1. The summed E-state index contributed by atoms with van der Waals surface area (Å²) >= 11 is 0. The van der Waals surface area contributed by atoms with E-state index in [1.165, 1.54) is 0 Å². The minimum absolute atomic E-state index is 0.167. The molecule has 0 amide bonds. The van der Waals surface area contributed by atoms with Crippen molar-refractivity contribution in [1.29, 1.82) is 0 Å². The van der Waals surface area contributed by atoms with E-state index in [0.717, 1.165) is 72.1 Å². The van der Waals surface area contributed by atoms with Crippen LogP contribution in [-0.2, 0) is 10.8 Å². The molecule has 8 rings (SSSR count). The van der Waals surface area contributed by atoms with E-state index < -0.39 is 0 Å². The fourth-order valence-corrected chi connectivity index (χ4v) is 7.20. The lowest BCUT2D eigenvalue weighted by Gasteiger charge is -2.28. The number of fused-ring (bicyclic) bond motifs is 2. The summed E-state index contributed by atoms with van der Waals surface area (Å²) in [6, 6.07) is 46.4. The normalized spacial score (nSPS) is 12.1. The molecule has 0 aliphatic rings. The van der Waals surface area contributed by atoms with Crippen LogP contribution in [0.4, 0.5) is 0 Å². The second-order valence-electron chi connectivity index (χ2n) is 15.6. The molecular weight excluding hydrogens is 637 g/mol. The summed E-state index contributed by atoms with van der Waals surface area (Å²) in [5.41, 5.74) is 11.1. The molecule has 256 valence electrons. The van der Waals surface area contributed by atoms with Gasteiger partial charge in [-0.05, 0) is 63.2 Å². The molecule has 0 aliphatic carbocycles. The Morgan fingerprint density at radius 1 is 0.577 bits per heavy atom. The number of aromatic hydroxyl groups is 1. The largest absolute Gasteiger partial charge is 0.507 e. The van der Waals surface area contributed by atoms with Gasteiger partial charge in [-0.15, -0.1) is 0 Å². The monoisotopic (exact) mass is 678 g/mol. The zero-order valence-electron chi connectivity index (χ0n) is 30.5. The molecule has 0 atom stereocenters. The number of hydrogen-bond acceptors (Lipinski definition) is 4. The second kappa shape index (κ2) is 12.6. The molecule has 2 aromatic heterocycles. The maximum Gasteiger partial charge on any atom is 0.149 e. The molecule has 8 aromatic rings. The summed E-state index contributed by atoms with van der Waals surface area (Å²) in [5, 5.41) is 23.1. The number of phenols is 1. The second-order valence-corrected chi connectivity index (χ2v) is 15.6. The maximum atomic E-state index is 12.3. The van der Waals surface area contributed by atoms with Gasteiger partial charge in [0.05, 0.1) is 28.0 Å². The fourth-order valence-electron chi connectivity index (χ4n) is 7.20. The highest BCUT2D eigenvalue weighted by Gasteiger charge is 2.29. The maximum absolute atomic E-state index is 12.3. The predicted octanol–water partition coefficient (Wildman–Crippen LogP) is 11.9. The van der Waals surface area contributed by atoms with Crippen molar-refractivity contribution in [3.63, 3.8) is 0 Å². The first kappa shape index (κ1) is 33.1. The zero-order chi connectivity index (χ0) is 36.2.